The van der Waals surface area contributed by atoms with Crippen LogP contribution in [0.2, 0.25) is 0 Å². The first-order valence-electron chi connectivity index (χ1n) is 6.38. The summed E-state index contributed by atoms with van der Waals surface area (Å²) >= 11 is 0. The highest BCUT2D eigenvalue weighted by Gasteiger charge is 2.18. The fourth-order valence-electron chi connectivity index (χ4n) is 1.69. The molecule has 0 fully saturated rings. The van der Waals surface area contributed by atoms with E-state index in [1.807, 2.05) is 37.3 Å². The molecule has 0 saturated heterocycles. The molecule has 3 unspecified atom stereocenters. The average molecular weight is 282 g/mol. The van der Waals surface area contributed by atoms with Crippen molar-refractivity contribution in [2.75, 3.05) is 19.3 Å². The summed E-state index contributed by atoms with van der Waals surface area (Å²) in [5.41, 5.74) is 6.76. The van der Waals surface area contributed by atoms with E-state index in [4.69, 9.17) is 5.73 Å². The Balaban J connectivity index is 2.50. The number of rotatable bonds is 7. The number of nitrogens with two attached hydrogens (primary N) is 1. The summed E-state index contributed by atoms with van der Waals surface area (Å²) in [6, 6.07) is 9.81. The second kappa shape index (κ2) is 8.07. The molecule has 3 N–H and O–H groups in total. The molecule has 1 rings (SSSR count). The molecule has 0 aliphatic rings. The van der Waals surface area contributed by atoms with Crippen molar-refractivity contribution in [2.24, 2.45) is 11.7 Å². The van der Waals surface area contributed by atoms with Crippen LogP contribution >= 0.6 is 0 Å². The van der Waals surface area contributed by atoms with Crippen LogP contribution in [-0.4, -0.2) is 34.7 Å². The highest BCUT2D eigenvalue weighted by molar-refractivity contribution is 7.84. The maximum Gasteiger partial charge on any atom is 0.224 e. The number of nitrogens with one attached hydrogen (secondary N) is 1. The van der Waals surface area contributed by atoms with Crippen LogP contribution in [0.15, 0.2) is 30.3 Å². The van der Waals surface area contributed by atoms with Gasteiger partial charge >= 0.3 is 0 Å². The molecule has 0 aliphatic carbocycles. The predicted octanol–water partition coefficient (Wildman–Crippen LogP) is 0.687. The Kier molecular flexibility index (Phi) is 6.73. The molecule has 0 spiro atoms. The molecule has 1 amide bonds. The predicted molar refractivity (Wildman–Crippen MR) is 79.2 cm³/mol. The summed E-state index contributed by atoms with van der Waals surface area (Å²) in [5, 5.41) is 2.78. The zero-order valence-corrected chi connectivity index (χ0v) is 12.3. The van der Waals surface area contributed by atoms with Crippen molar-refractivity contribution in [1.82, 2.24) is 5.32 Å². The molecular formula is C14H22N2O2S. The molecule has 0 aliphatic heterocycles. The number of hydrogen-bond donors (Lipinski definition) is 2. The summed E-state index contributed by atoms with van der Waals surface area (Å²) < 4.78 is 11.2. The van der Waals surface area contributed by atoms with Crippen LogP contribution in [-0.2, 0) is 22.0 Å². The molecule has 106 valence electrons. The standard InChI is InChI=1S/C14H22N2O2S/c1-11(19(2)18)10-16-14(17)13(9-15)8-12-6-4-3-5-7-12/h3-7,11,13H,8-10,15H2,1-2H3,(H,16,17). The monoisotopic (exact) mass is 282 g/mol. The third-order valence-corrected chi connectivity index (χ3v) is 4.41. The summed E-state index contributed by atoms with van der Waals surface area (Å²) in [5.74, 6) is -0.302. The van der Waals surface area contributed by atoms with Crippen molar-refractivity contribution in [3.8, 4) is 0 Å². The summed E-state index contributed by atoms with van der Waals surface area (Å²) in [4.78, 5) is 12.0. The molecule has 1 aromatic carbocycles. The molecule has 0 saturated carbocycles. The first kappa shape index (κ1) is 15.9. The number of benzene rings is 1. The highest BCUT2D eigenvalue weighted by Crippen LogP contribution is 2.08. The zero-order chi connectivity index (χ0) is 14.3. The van der Waals surface area contributed by atoms with E-state index in [-0.39, 0.29) is 17.1 Å². The fourth-order valence-corrected chi connectivity index (χ4v) is 2.01. The minimum absolute atomic E-state index is 0.0425. The van der Waals surface area contributed by atoms with Gasteiger partial charge in [0.15, 0.2) is 0 Å². The van der Waals surface area contributed by atoms with Crippen LogP contribution < -0.4 is 11.1 Å². The lowest BCUT2D eigenvalue weighted by atomic mass is 9.98. The quantitative estimate of drug-likeness (QED) is 0.773. The van der Waals surface area contributed by atoms with E-state index in [9.17, 15) is 9.00 Å². The van der Waals surface area contributed by atoms with E-state index in [0.717, 1.165) is 5.56 Å². The molecule has 0 bridgehead atoms. The van der Waals surface area contributed by atoms with Gasteiger partial charge in [-0.15, -0.1) is 0 Å². The van der Waals surface area contributed by atoms with Crippen LogP contribution in [0.1, 0.15) is 12.5 Å². The van der Waals surface area contributed by atoms with Crippen molar-refractivity contribution in [2.45, 2.75) is 18.6 Å². The minimum atomic E-state index is -0.926. The van der Waals surface area contributed by atoms with Gasteiger partial charge in [0.2, 0.25) is 5.91 Å². The Bertz CT molecular complexity index is 423. The second-order valence-corrected chi connectivity index (χ2v) is 6.48. The molecule has 0 heterocycles. The first-order valence-corrected chi connectivity index (χ1v) is 8.00. The Morgan fingerprint density at radius 1 is 1.37 bits per heavy atom. The lowest BCUT2D eigenvalue weighted by molar-refractivity contribution is -0.124. The van der Waals surface area contributed by atoms with Gasteiger partial charge in [0.25, 0.3) is 0 Å². The number of amides is 1. The molecule has 4 nitrogen and oxygen atoms in total. The number of carbonyl (C=O) groups excluding carboxylic acids is 1. The average Bonchev–Trinajstić information content (AvgIpc) is 2.42. The lowest BCUT2D eigenvalue weighted by Gasteiger charge is -2.16. The maximum absolute atomic E-state index is 12.0. The molecular weight excluding hydrogens is 260 g/mol. The van der Waals surface area contributed by atoms with Crippen LogP contribution in [0.5, 0.6) is 0 Å². The van der Waals surface area contributed by atoms with E-state index < -0.39 is 10.8 Å². The van der Waals surface area contributed by atoms with Gasteiger partial charge in [-0.2, -0.15) is 0 Å². The normalized spacial score (nSPS) is 15.5. The Morgan fingerprint density at radius 3 is 2.53 bits per heavy atom. The van der Waals surface area contributed by atoms with Gasteiger partial charge in [0.1, 0.15) is 0 Å². The van der Waals surface area contributed by atoms with Crippen molar-refractivity contribution < 1.29 is 9.00 Å². The Hall–Kier alpha value is -1.20. The summed E-state index contributed by atoms with van der Waals surface area (Å²) in [6.45, 7) is 2.59. The van der Waals surface area contributed by atoms with Crippen molar-refractivity contribution in [3.63, 3.8) is 0 Å². The lowest BCUT2D eigenvalue weighted by Crippen LogP contribution is -2.40. The van der Waals surface area contributed by atoms with Gasteiger partial charge in [-0.1, -0.05) is 30.3 Å². The van der Waals surface area contributed by atoms with Gasteiger partial charge in [0.05, 0.1) is 5.92 Å². The van der Waals surface area contributed by atoms with Crippen LogP contribution in [0.3, 0.4) is 0 Å². The van der Waals surface area contributed by atoms with E-state index in [2.05, 4.69) is 5.32 Å². The minimum Gasteiger partial charge on any atom is -0.355 e. The molecule has 1 aromatic rings. The second-order valence-electron chi connectivity index (χ2n) is 4.68. The van der Waals surface area contributed by atoms with Crippen LogP contribution in [0, 0.1) is 5.92 Å². The van der Waals surface area contributed by atoms with Gasteiger partial charge in [-0.25, -0.2) is 0 Å². The fraction of sp³-hybridized carbons (Fsp3) is 0.500. The van der Waals surface area contributed by atoms with E-state index in [1.165, 1.54) is 0 Å². The van der Waals surface area contributed by atoms with E-state index in [1.54, 1.807) is 6.26 Å². The van der Waals surface area contributed by atoms with E-state index >= 15 is 0 Å². The van der Waals surface area contributed by atoms with Crippen molar-refractivity contribution >= 4 is 16.7 Å². The molecule has 0 radical (unpaired) electrons. The van der Waals surface area contributed by atoms with Gasteiger partial charge in [-0.05, 0) is 18.9 Å². The van der Waals surface area contributed by atoms with Crippen molar-refractivity contribution in [1.29, 1.82) is 0 Å². The largest absolute Gasteiger partial charge is 0.355 e. The van der Waals surface area contributed by atoms with Crippen LogP contribution in [0.4, 0.5) is 0 Å². The highest BCUT2D eigenvalue weighted by atomic mass is 32.2. The first-order chi connectivity index (χ1) is 9.04. The zero-order valence-electron chi connectivity index (χ0n) is 11.5. The van der Waals surface area contributed by atoms with Crippen LogP contribution in [0.25, 0.3) is 0 Å². The summed E-state index contributed by atoms with van der Waals surface area (Å²) in [7, 11) is -0.926. The van der Waals surface area contributed by atoms with E-state index in [0.29, 0.717) is 19.5 Å². The SMILES string of the molecule is CC(CNC(=O)C(CN)Cc1ccccc1)S(C)=O. The van der Waals surface area contributed by atoms with Gasteiger partial charge < -0.3 is 11.1 Å². The molecule has 3 atom stereocenters. The Labute approximate surface area is 117 Å². The molecule has 0 aromatic heterocycles. The Morgan fingerprint density at radius 2 is 2.00 bits per heavy atom. The van der Waals surface area contributed by atoms with Gasteiger partial charge in [-0.3, -0.25) is 9.00 Å². The third kappa shape index (κ3) is 5.53. The smallest absolute Gasteiger partial charge is 0.224 e. The third-order valence-electron chi connectivity index (χ3n) is 3.11. The summed E-state index contributed by atoms with van der Waals surface area (Å²) in [6.07, 6.45) is 2.27. The van der Waals surface area contributed by atoms with Crippen molar-refractivity contribution in [3.05, 3.63) is 35.9 Å². The number of carbonyl (C=O) groups is 1. The van der Waals surface area contributed by atoms with Gasteiger partial charge in [0, 0.05) is 35.4 Å². The topological polar surface area (TPSA) is 72.2 Å². The molecule has 19 heavy (non-hydrogen) atoms. The molecule has 5 heteroatoms. The maximum atomic E-state index is 12.0. The number of hydrogen-bond acceptors (Lipinski definition) is 3.